The summed E-state index contributed by atoms with van der Waals surface area (Å²) >= 11 is 5.80. The molecule has 0 bridgehead atoms. The SMILES string of the molecule is O=C(COc1ccccc1N1C[C@@H](C(=O)[O-])CC1=O)Nc1ccc(Cl)cc1. The number of aliphatic carboxylic acids is 1. The Bertz CT molecular complexity index is 869. The van der Waals surface area contributed by atoms with Crippen molar-refractivity contribution in [3.05, 3.63) is 53.6 Å². The summed E-state index contributed by atoms with van der Waals surface area (Å²) in [5.41, 5.74) is 0.998. The van der Waals surface area contributed by atoms with Crippen LogP contribution in [0.3, 0.4) is 0 Å². The number of nitrogens with zero attached hydrogens (tertiary/aromatic N) is 1. The Kier molecular flexibility index (Phi) is 5.61. The van der Waals surface area contributed by atoms with E-state index in [1.165, 1.54) is 4.90 Å². The van der Waals surface area contributed by atoms with E-state index in [9.17, 15) is 19.5 Å². The van der Waals surface area contributed by atoms with Gasteiger partial charge >= 0.3 is 0 Å². The summed E-state index contributed by atoms with van der Waals surface area (Å²) in [6.07, 6.45) is -0.117. The van der Waals surface area contributed by atoms with Crippen LogP contribution in [0, 0.1) is 5.92 Å². The Morgan fingerprint density at radius 2 is 1.89 bits per heavy atom. The predicted molar refractivity (Wildman–Crippen MR) is 97.5 cm³/mol. The van der Waals surface area contributed by atoms with Crippen molar-refractivity contribution in [2.45, 2.75) is 6.42 Å². The molecule has 1 aliphatic heterocycles. The largest absolute Gasteiger partial charge is 0.550 e. The number of hydrogen-bond donors (Lipinski definition) is 1. The highest BCUT2D eigenvalue weighted by atomic mass is 35.5. The van der Waals surface area contributed by atoms with Crippen molar-refractivity contribution in [1.82, 2.24) is 0 Å². The van der Waals surface area contributed by atoms with Crippen molar-refractivity contribution in [2.75, 3.05) is 23.4 Å². The lowest BCUT2D eigenvalue weighted by atomic mass is 10.1. The summed E-state index contributed by atoms with van der Waals surface area (Å²) in [5, 5.41) is 14.3. The van der Waals surface area contributed by atoms with Gasteiger partial charge in [-0.05, 0) is 36.4 Å². The molecule has 0 aromatic heterocycles. The van der Waals surface area contributed by atoms with E-state index in [1.54, 1.807) is 48.5 Å². The normalized spacial score (nSPS) is 16.3. The fraction of sp³-hybridized carbons (Fsp3) is 0.211. The van der Waals surface area contributed by atoms with Gasteiger partial charge in [-0.15, -0.1) is 0 Å². The van der Waals surface area contributed by atoms with Crippen LogP contribution in [-0.4, -0.2) is 30.9 Å². The van der Waals surface area contributed by atoms with E-state index in [0.29, 0.717) is 22.1 Å². The van der Waals surface area contributed by atoms with Crippen molar-refractivity contribution in [3.8, 4) is 5.75 Å². The number of rotatable bonds is 6. The zero-order valence-electron chi connectivity index (χ0n) is 14.2. The van der Waals surface area contributed by atoms with Crippen molar-refractivity contribution in [3.63, 3.8) is 0 Å². The highest BCUT2D eigenvalue weighted by Crippen LogP contribution is 2.32. The Balaban J connectivity index is 1.66. The second-order valence-electron chi connectivity index (χ2n) is 6.04. The third kappa shape index (κ3) is 4.57. The van der Waals surface area contributed by atoms with Crippen molar-refractivity contribution >= 4 is 40.8 Å². The van der Waals surface area contributed by atoms with Gasteiger partial charge in [-0.2, -0.15) is 0 Å². The van der Waals surface area contributed by atoms with Gasteiger partial charge in [0.25, 0.3) is 5.91 Å². The van der Waals surface area contributed by atoms with Crippen molar-refractivity contribution < 1.29 is 24.2 Å². The number of hydrogen-bond acceptors (Lipinski definition) is 5. The van der Waals surface area contributed by atoms with E-state index in [4.69, 9.17) is 16.3 Å². The number of anilines is 2. The lowest BCUT2D eigenvalue weighted by molar-refractivity contribution is -0.310. The van der Waals surface area contributed by atoms with Crippen molar-refractivity contribution in [2.24, 2.45) is 5.92 Å². The average Bonchev–Trinajstić information content (AvgIpc) is 3.04. The number of benzene rings is 2. The Morgan fingerprint density at radius 3 is 2.56 bits per heavy atom. The number of ether oxygens (including phenoxy) is 1. The molecule has 2 aromatic rings. The van der Waals surface area contributed by atoms with Gasteiger partial charge in [0, 0.05) is 35.6 Å². The molecule has 2 amide bonds. The predicted octanol–water partition coefficient (Wildman–Crippen LogP) is 1.46. The van der Waals surface area contributed by atoms with E-state index >= 15 is 0 Å². The number of para-hydroxylation sites is 2. The molecule has 1 saturated heterocycles. The van der Waals surface area contributed by atoms with Gasteiger partial charge < -0.3 is 24.9 Å². The summed E-state index contributed by atoms with van der Waals surface area (Å²) < 4.78 is 5.56. The molecule has 1 atom stereocenters. The molecule has 0 aliphatic carbocycles. The summed E-state index contributed by atoms with van der Waals surface area (Å²) in [5.74, 6) is -2.51. The third-order valence-corrected chi connectivity index (χ3v) is 4.35. The molecule has 2 aromatic carbocycles. The van der Waals surface area contributed by atoms with Crippen LogP contribution in [0.4, 0.5) is 11.4 Å². The molecule has 0 radical (unpaired) electrons. The van der Waals surface area contributed by atoms with E-state index in [2.05, 4.69) is 5.32 Å². The van der Waals surface area contributed by atoms with Gasteiger partial charge in [0.2, 0.25) is 5.91 Å². The maximum atomic E-state index is 12.1. The molecule has 27 heavy (non-hydrogen) atoms. The summed E-state index contributed by atoms with van der Waals surface area (Å²) in [4.78, 5) is 36.6. The van der Waals surface area contributed by atoms with Gasteiger partial charge in [0.15, 0.2) is 6.61 Å². The quantitative estimate of drug-likeness (QED) is 0.809. The van der Waals surface area contributed by atoms with Crippen molar-refractivity contribution in [1.29, 1.82) is 0 Å². The molecular formula is C19H16ClN2O5-. The first-order chi connectivity index (χ1) is 12.9. The summed E-state index contributed by atoms with van der Waals surface area (Å²) in [6.45, 7) is -0.260. The molecule has 8 heteroatoms. The minimum atomic E-state index is -1.26. The molecule has 1 heterocycles. The minimum absolute atomic E-state index is 0.0124. The molecule has 140 valence electrons. The third-order valence-electron chi connectivity index (χ3n) is 4.10. The molecule has 1 aliphatic rings. The highest BCUT2D eigenvalue weighted by molar-refractivity contribution is 6.30. The smallest absolute Gasteiger partial charge is 0.262 e. The van der Waals surface area contributed by atoms with Gasteiger partial charge in [-0.1, -0.05) is 23.7 Å². The Hall–Kier alpha value is -3.06. The standard InChI is InChI=1S/C19H17ClN2O5/c20-13-5-7-14(8-6-13)21-17(23)11-27-16-4-2-1-3-15(16)22-10-12(19(25)26)9-18(22)24/h1-8,12H,9-11H2,(H,21,23)(H,25,26)/p-1/t12-/m0/s1. The van der Waals surface area contributed by atoms with Crippen LogP contribution >= 0.6 is 11.6 Å². The van der Waals surface area contributed by atoms with Crippen LogP contribution in [0.2, 0.25) is 5.02 Å². The summed E-state index contributed by atoms with van der Waals surface area (Å²) in [6, 6.07) is 13.3. The van der Waals surface area contributed by atoms with Crippen LogP contribution < -0.4 is 20.1 Å². The fourth-order valence-corrected chi connectivity index (χ4v) is 2.90. The minimum Gasteiger partial charge on any atom is -0.550 e. The monoisotopic (exact) mass is 387 g/mol. The van der Waals surface area contributed by atoms with Gasteiger partial charge in [0.1, 0.15) is 5.75 Å². The first-order valence-electron chi connectivity index (χ1n) is 8.22. The first kappa shape index (κ1) is 18.7. The zero-order chi connectivity index (χ0) is 19.4. The van der Waals surface area contributed by atoms with Crippen LogP contribution in [0.5, 0.6) is 5.75 Å². The van der Waals surface area contributed by atoms with Crippen LogP contribution in [0.25, 0.3) is 0 Å². The van der Waals surface area contributed by atoms with Crippen LogP contribution in [-0.2, 0) is 14.4 Å². The van der Waals surface area contributed by atoms with Gasteiger partial charge in [-0.25, -0.2) is 0 Å². The summed E-state index contributed by atoms with van der Waals surface area (Å²) in [7, 11) is 0. The topological polar surface area (TPSA) is 98.8 Å². The number of nitrogens with one attached hydrogen (secondary N) is 1. The molecule has 0 saturated carbocycles. The maximum Gasteiger partial charge on any atom is 0.262 e. The number of amides is 2. The van der Waals surface area contributed by atoms with E-state index in [-0.39, 0.29) is 31.4 Å². The number of carboxylic acid groups (broad SMARTS) is 1. The highest BCUT2D eigenvalue weighted by Gasteiger charge is 2.32. The Morgan fingerprint density at radius 1 is 1.19 bits per heavy atom. The first-order valence-corrected chi connectivity index (χ1v) is 8.60. The number of halogens is 1. The molecule has 1 N–H and O–H groups in total. The van der Waals surface area contributed by atoms with E-state index in [1.807, 2.05) is 0 Å². The van der Waals surface area contributed by atoms with Gasteiger partial charge in [-0.3, -0.25) is 9.59 Å². The molecule has 7 nitrogen and oxygen atoms in total. The Labute approximate surface area is 160 Å². The number of carboxylic acids is 1. The second-order valence-corrected chi connectivity index (χ2v) is 6.47. The van der Waals surface area contributed by atoms with E-state index in [0.717, 1.165) is 0 Å². The average molecular weight is 388 g/mol. The lowest BCUT2D eigenvalue weighted by Gasteiger charge is -2.20. The molecule has 0 spiro atoms. The fourth-order valence-electron chi connectivity index (χ4n) is 2.77. The molecular weight excluding hydrogens is 372 g/mol. The zero-order valence-corrected chi connectivity index (χ0v) is 14.9. The van der Waals surface area contributed by atoms with Gasteiger partial charge in [0.05, 0.1) is 5.69 Å². The van der Waals surface area contributed by atoms with E-state index < -0.39 is 11.9 Å². The molecule has 3 rings (SSSR count). The number of carbonyl (C=O) groups excluding carboxylic acids is 3. The molecule has 1 fully saturated rings. The molecule has 0 unspecified atom stereocenters. The van der Waals surface area contributed by atoms with Crippen LogP contribution in [0.15, 0.2) is 48.5 Å². The maximum absolute atomic E-state index is 12.1. The second kappa shape index (κ2) is 8.09. The number of carbonyl (C=O) groups is 3. The van der Waals surface area contributed by atoms with Crippen LogP contribution in [0.1, 0.15) is 6.42 Å². The lowest BCUT2D eigenvalue weighted by Crippen LogP contribution is -2.33.